The van der Waals surface area contributed by atoms with E-state index in [1.807, 2.05) is 18.2 Å². The lowest BCUT2D eigenvalue weighted by Gasteiger charge is -2.34. The van der Waals surface area contributed by atoms with E-state index in [2.05, 4.69) is 35.6 Å². The van der Waals surface area contributed by atoms with Crippen LogP contribution >= 0.6 is 0 Å². The molecule has 4 heteroatoms. The van der Waals surface area contributed by atoms with Gasteiger partial charge in [0.15, 0.2) is 5.78 Å². The van der Waals surface area contributed by atoms with Gasteiger partial charge >= 0.3 is 0 Å². The molecule has 0 bridgehead atoms. The Kier molecular flexibility index (Phi) is 4.81. The smallest absolute Gasteiger partial charge is 0.176 e. The molecule has 1 saturated heterocycles. The van der Waals surface area contributed by atoms with E-state index in [-0.39, 0.29) is 5.78 Å². The van der Waals surface area contributed by atoms with Crippen molar-refractivity contribution in [1.29, 1.82) is 0 Å². The number of aromatic nitrogens is 2. The van der Waals surface area contributed by atoms with Gasteiger partial charge in [-0.15, -0.1) is 0 Å². The number of rotatable bonds is 5. The third-order valence-electron chi connectivity index (χ3n) is 4.65. The second-order valence-corrected chi connectivity index (χ2v) is 7.23. The third-order valence-corrected chi connectivity index (χ3v) is 4.65. The van der Waals surface area contributed by atoms with Crippen molar-refractivity contribution in [2.45, 2.75) is 40.0 Å². The first kappa shape index (κ1) is 16.2. The second kappa shape index (κ2) is 6.83. The van der Waals surface area contributed by atoms with Gasteiger partial charge in [-0.25, -0.2) is 4.98 Å². The summed E-state index contributed by atoms with van der Waals surface area (Å²) in [5.41, 5.74) is 2.71. The molecule has 0 amide bonds. The molecule has 0 spiro atoms. The predicted octanol–water partition coefficient (Wildman–Crippen LogP) is 3.68. The standard InChI is InChI=1S/C19H27N3O/c1-4-5-19-20-16-7-6-15(9-17(16)21-19)18(23)12-22-10-13(2)8-14(3)11-22/h6-7,9,13-14H,4-5,8,10-12H2,1-3H3,(H,20,21). The Labute approximate surface area is 138 Å². The Balaban J connectivity index is 1.72. The highest BCUT2D eigenvalue weighted by Crippen LogP contribution is 2.21. The summed E-state index contributed by atoms with van der Waals surface area (Å²) in [7, 11) is 0. The minimum Gasteiger partial charge on any atom is -0.342 e. The lowest BCUT2D eigenvalue weighted by molar-refractivity contribution is 0.0849. The molecule has 2 unspecified atom stereocenters. The fraction of sp³-hybridized carbons (Fsp3) is 0.579. The molecule has 4 nitrogen and oxygen atoms in total. The van der Waals surface area contributed by atoms with E-state index in [0.717, 1.165) is 48.4 Å². The van der Waals surface area contributed by atoms with Crippen molar-refractivity contribution in [3.63, 3.8) is 0 Å². The zero-order valence-corrected chi connectivity index (χ0v) is 14.4. The molecule has 1 aromatic heterocycles. The van der Waals surface area contributed by atoms with Crippen molar-refractivity contribution in [3.8, 4) is 0 Å². The van der Waals surface area contributed by atoms with E-state index in [0.29, 0.717) is 18.4 Å². The Morgan fingerprint density at radius 1 is 1.30 bits per heavy atom. The highest BCUT2D eigenvalue weighted by atomic mass is 16.1. The van der Waals surface area contributed by atoms with Gasteiger partial charge in [-0.2, -0.15) is 0 Å². The van der Waals surface area contributed by atoms with Gasteiger partial charge in [-0.05, 0) is 42.9 Å². The lowest BCUT2D eigenvalue weighted by Crippen LogP contribution is -2.41. The van der Waals surface area contributed by atoms with E-state index in [1.165, 1.54) is 6.42 Å². The number of hydrogen-bond donors (Lipinski definition) is 1. The topological polar surface area (TPSA) is 49.0 Å². The number of Topliss-reactive ketones (excluding diaryl/α,β-unsaturated/α-hetero) is 1. The van der Waals surface area contributed by atoms with Gasteiger partial charge in [-0.3, -0.25) is 9.69 Å². The highest BCUT2D eigenvalue weighted by molar-refractivity contribution is 6.00. The molecule has 1 aliphatic heterocycles. The molecular weight excluding hydrogens is 286 g/mol. The average molecular weight is 313 g/mol. The molecule has 2 heterocycles. The number of H-pyrrole nitrogens is 1. The Morgan fingerprint density at radius 3 is 2.74 bits per heavy atom. The van der Waals surface area contributed by atoms with Crippen LogP contribution < -0.4 is 0 Å². The predicted molar refractivity (Wildman–Crippen MR) is 93.8 cm³/mol. The van der Waals surface area contributed by atoms with E-state index in [4.69, 9.17) is 0 Å². The van der Waals surface area contributed by atoms with Crippen LogP contribution in [0.4, 0.5) is 0 Å². The summed E-state index contributed by atoms with van der Waals surface area (Å²) in [6.07, 6.45) is 3.28. The van der Waals surface area contributed by atoms with Crippen molar-refractivity contribution in [2.24, 2.45) is 11.8 Å². The number of hydrogen-bond acceptors (Lipinski definition) is 3. The van der Waals surface area contributed by atoms with Crippen LogP contribution in [0.5, 0.6) is 0 Å². The maximum atomic E-state index is 12.6. The quantitative estimate of drug-likeness (QED) is 0.857. The molecule has 2 aromatic rings. The number of nitrogens with zero attached hydrogens (tertiary/aromatic N) is 2. The van der Waals surface area contributed by atoms with Gasteiger partial charge < -0.3 is 4.98 Å². The first-order valence-electron chi connectivity index (χ1n) is 8.79. The molecule has 1 aliphatic rings. The number of likely N-dealkylation sites (tertiary alicyclic amines) is 1. The summed E-state index contributed by atoms with van der Waals surface area (Å²) < 4.78 is 0. The fourth-order valence-electron chi connectivity index (χ4n) is 3.81. The molecule has 23 heavy (non-hydrogen) atoms. The first-order valence-corrected chi connectivity index (χ1v) is 8.79. The minimum atomic E-state index is 0.208. The van der Waals surface area contributed by atoms with Gasteiger partial charge in [0.2, 0.25) is 0 Å². The van der Waals surface area contributed by atoms with E-state index < -0.39 is 0 Å². The van der Waals surface area contributed by atoms with Gasteiger partial charge in [0.25, 0.3) is 0 Å². The number of aryl methyl sites for hydroxylation is 1. The third kappa shape index (κ3) is 3.81. The second-order valence-electron chi connectivity index (χ2n) is 7.23. The van der Waals surface area contributed by atoms with Crippen molar-refractivity contribution in [1.82, 2.24) is 14.9 Å². The number of carbonyl (C=O) groups is 1. The maximum Gasteiger partial charge on any atom is 0.176 e. The number of benzene rings is 1. The molecule has 2 atom stereocenters. The van der Waals surface area contributed by atoms with Crippen LogP contribution in [0.1, 0.15) is 49.8 Å². The maximum absolute atomic E-state index is 12.6. The van der Waals surface area contributed by atoms with Gasteiger partial charge in [0.05, 0.1) is 17.6 Å². The van der Waals surface area contributed by atoms with Crippen LogP contribution in [0, 0.1) is 11.8 Å². The Hall–Kier alpha value is -1.68. The van der Waals surface area contributed by atoms with Crippen LogP contribution in [-0.4, -0.2) is 40.3 Å². The molecule has 1 fully saturated rings. The molecular formula is C19H27N3O. The summed E-state index contributed by atoms with van der Waals surface area (Å²) >= 11 is 0. The molecule has 0 saturated carbocycles. The van der Waals surface area contributed by atoms with Crippen molar-refractivity contribution >= 4 is 16.8 Å². The number of ketones is 1. The number of fused-ring (bicyclic) bond motifs is 1. The number of piperidine rings is 1. The summed E-state index contributed by atoms with van der Waals surface area (Å²) in [4.78, 5) is 22.8. The number of carbonyl (C=O) groups excluding carboxylic acids is 1. The zero-order valence-electron chi connectivity index (χ0n) is 14.4. The first-order chi connectivity index (χ1) is 11.0. The number of imidazole rings is 1. The molecule has 0 radical (unpaired) electrons. The van der Waals surface area contributed by atoms with Crippen LogP contribution in [0.25, 0.3) is 11.0 Å². The van der Waals surface area contributed by atoms with E-state index >= 15 is 0 Å². The summed E-state index contributed by atoms with van der Waals surface area (Å²) in [5, 5.41) is 0. The Bertz CT molecular complexity index is 681. The summed E-state index contributed by atoms with van der Waals surface area (Å²) in [5.74, 6) is 2.57. The molecule has 1 N–H and O–H groups in total. The monoisotopic (exact) mass is 313 g/mol. The van der Waals surface area contributed by atoms with E-state index in [9.17, 15) is 4.79 Å². The largest absolute Gasteiger partial charge is 0.342 e. The fourth-order valence-corrected chi connectivity index (χ4v) is 3.81. The van der Waals surface area contributed by atoms with Gasteiger partial charge in [-0.1, -0.05) is 20.8 Å². The molecule has 124 valence electrons. The summed E-state index contributed by atoms with van der Waals surface area (Å²) in [6.45, 7) is 9.28. The van der Waals surface area contributed by atoms with Crippen molar-refractivity contribution in [3.05, 3.63) is 29.6 Å². The van der Waals surface area contributed by atoms with Crippen molar-refractivity contribution in [2.75, 3.05) is 19.6 Å². The lowest BCUT2D eigenvalue weighted by atomic mass is 9.91. The van der Waals surface area contributed by atoms with Crippen LogP contribution in [-0.2, 0) is 6.42 Å². The molecule has 1 aromatic carbocycles. The van der Waals surface area contributed by atoms with Crippen LogP contribution in [0.3, 0.4) is 0 Å². The highest BCUT2D eigenvalue weighted by Gasteiger charge is 2.23. The molecule has 3 rings (SSSR count). The van der Waals surface area contributed by atoms with Crippen molar-refractivity contribution < 1.29 is 4.79 Å². The average Bonchev–Trinajstić information content (AvgIpc) is 2.87. The Morgan fingerprint density at radius 2 is 2.04 bits per heavy atom. The number of nitrogens with one attached hydrogen (secondary N) is 1. The molecule has 0 aliphatic carbocycles. The van der Waals surface area contributed by atoms with E-state index in [1.54, 1.807) is 0 Å². The summed E-state index contributed by atoms with van der Waals surface area (Å²) in [6, 6.07) is 5.83. The SMILES string of the molecule is CCCc1nc2ccc(C(=O)CN3CC(C)CC(C)C3)cc2[nH]1. The minimum absolute atomic E-state index is 0.208. The normalized spacial score (nSPS) is 22.6. The van der Waals surface area contributed by atoms with Crippen LogP contribution in [0.2, 0.25) is 0 Å². The zero-order chi connectivity index (χ0) is 16.4. The van der Waals surface area contributed by atoms with Gasteiger partial charge in [0.1, 0.15) is 5.82 Å². The van der Waals surface area contributed by atoms with Crippen LogP contribution in [0.15, 0.2) is 18.2 Å². The van der Waals surface area contributed by atoms with Gasteiger partial charge in [0, 0.05) is 25.1 Å². The number of aromatic amines is 1.